The molecule has 0 spiro atoms. The summed E-state index contributed by atoms with van der Waals surface area (Å²) in [7, 11) is 0. The number of hydrogen-bond acceptors (Lipinski definition) is 3. The van der Waals surface area contributed by atoms with Gasteiger partial charge in [-0.15, -0.1) is 0 Å². The Morgan fingerprint density at radius 2 is 1.89 bits per heavy atom. The van der Waals surface area contributed by atoms with Crippen molar-refractivity contribution in [1.29, 1.82) is 0 Å². The molecule has 1 aromatic carbocycles. The van der Waals surface area contributed by atoms with E-state index in [1.54, 1.807) is 6.26 Å². The molecule has 0 aliphatic carbocycles. The monoisotopic (exact) mass is 258 g/mol. The van der Waals surface area contributed by atoms with Crippen LogP contribution in [0.3, 0.4) is 0 Å². The first kappa shape index (κ1) is 13.7. The Hall–Kier alpha value is -1.77. The van der Waals surface area contributed by atoms with Crippen molar-refractivity contribution in [2.45, 2.75) is 40.2 Å². The lowest BCUT2D eigenvalue weighted by Crippen LogP contribution is -2.23. The minimum atomic E-state index is 0.477. The fourth-order valence-corrected chi connectivity index (χ4v) is 1.99. The number of aromatic nitrogens is 1. The number of anilines is 1. The number of hydrogen-bond donors (Lipinski definition) is 1. The van der Waals surface area contributed by atoms with Crippen LogP contribution in [0.4, 0.5) is 5.69 Å². The van der Waals surface area contributed by atoms with Crippen molar-refractivity contribution in [3.8, 4) is 11.3 Å². The van der Waals surface area contributed by atoms with Gasteiger partial charge in [-0.25, -0.2) is 4.98 Å². The van der Waals surface area contributed by atoms with Gasteiger partial charge in [-0.05, 0) is 25.0 Å². The molecule has 2 rings (SSSR count). The Morgan fingerprint density at radius 1 is 1.21 bits per heavy atom. The van der Waals surface area contributed by atoms with E-state index < -0.39 is 0 Å². The fourth-order valence-electron chi connectivity index (χ4n) is 1.99. The van der Waals surface area contributed by atoms with Crippen LogP contribution < -0.4 is 5.32 Å². The zero-order chi connectivity index (χ0) is 13.8. The number of aryl methyl sites for hydroxylation is 1. The number of benzene rings is 1. The molecular formula is C16H22N2O. The number of nitrogens with one attached hydrogen (secondary N) is 1. The lowest BCUT2D eigenvalue weighted by atomic mass is 10.0. The molecule has 0 saturated heterocycles. The zero-order valence-electron chi connectivity index (χ0n) is 12.1. The smallest absolute Gasteiger partial charge is 0.191 e. The van der Waals surface area contributed by atoms with Gasteiger partial charge in [0.05, 0.1) is 0 Å². The molecule has 0 radical (unpaired) electrons. The molecule has 102 valence electrons. The lowest BCUT2D eigenvalue weighted by Gasteiger charge is -2.21. The van der Waals surface area contributed by atoms with Crippen molar-refractivity contribution in [1.82, 2.24) is 4.98 Å². The van der Waals surface area contributed by atoms with Gasteiger partial charge < -0.3 is 9.73 Å². The maximum absolute atomic E-state index is 5.23. The third kappa shape index (κ3) is 3.37. The molecule has 2 unspecified atom stereocenters. The molecule has 0 fully saturated rings. The average molecular weight is 258 g/mol. The highest BCUT2D eigenvalue weighted by molar-refractivity contribution is 5.61. The van der Waals surface area contributed by atoms with Gasteiger partial charge in [-0.2, -0.15) is 0 Å². The Labute approximate surface area is 115 Å². The molecule has 0 aliphatic rings. The standard InChI is InChI=1S/C16H22N2O/c1-5-11(2)12(3)17-15-8-6-14(7-9-15)16-10-19-13(4)18-16/h6-12,17H,5H2,1-4H3. The van der Waals surface area contributed by atoms with Crippen molar-refractivity contribution >= 4 is 5.69 Å². The van der Waals surface area contributed by atoms with E-state index in [4.69, 9.17) is 4.42 Å². The van der Waals surface area contributed by atoms with E-state index in [0.29, 0.717) is 17.9 Å². The minimum Gasteiger partial charge on any atom is -0.449 e. The van der Waals surface area contributed by atoms with Crippen molar-refractivity contribution in [2.24, 2.45) is 5.92 Å². The summed E-state index contributed by atoms with van der Waals surface area (Å²) in [5.41, 5.74) is 3.12. The number of nitrogens with zero attached hydrogens (tertiary/aromatic N) is 1. The van der Waals surface area contributed by atoms with Crippen LogP contribution in [0.15, 0.2) is 34.9 Å². The van der Waals surface area contributed by atoms with Gasteiger partial charge in [0.1, 0.15) is 12.0 Å². The predicted octanol–water partition coefficient (Wildman–Crippen LogP) is 4.50. The molecule has 3 nitrogen and oxygen atoms in total. The van der Waals surface area contributed by atoms with E-state index in [0.717, 1.165) is 16.9 Å². The summed E-state index contributed by atoms with van der Waals surface area (Å²) in [6.07, 6.45) is 2.88. The van der Waals surface area contributed by atoms with E-state index in [2.05, 4.69) is 55.3 Å². The first-order valence-electron chi connectivity index (χ1n) is 6.89. The molecule has 2 aromatic rings. The van der Waals surface area contributed by atoms with Crippen LogP contribution >= 0.6 is 0 Å². The summed E-state index contributed by atoms with van der Waals surface area (Å²) in [6.45, 7) is 8.57. The Kier molecular flexibility index (Phi) is 4.25. The number of oxazole rings is 1. The van der Waals surface area contributed by atoms with Crippen LogP contribution in [0.1, 0.15) is 33.1 Å². The molecule has 3 heteroatoms. The molecule has 0 saturated carbocycles. The molecule has 1 heterocycles. The lowest BCUT2D eigenvalue weighted by molar-refractivity contribution is 0.494. The molecule has 1 N–H and O–H groups in total. The molecule has 2 atom stereocenters. The van der Waals surface area contributed by atoms with E-state index in [1.807, 2.05) is 6.92 Å². The highest BCUT2D eigenvalue weighted by Gasteiger charge is 2.10. The van der Waals surface area contributed by atoms with Gasteiger partial charge >= 0.3 is 0 Å². The van der Waals surface area contributed by atoms with Crippen molar-refractivity contribution < 1.29 is 4.42 Å². The molecule has 0 amide bonds. The summed E-state index contributed by atoms with van der Waals surface area (Å²) in [5, 5.41) is 3.53. The molecular weight excluding hydrogens is 236 g/mol. The maximum Gasteiger partial charge on any atom is 0.191 e. The fraction of sp³-hybridized carbons (Fsp3) is 0.438. The Morgan fingerprint density at radius 3 is 2.42 bits per heavy atom. The molecule has 1 aromatic heterocycles. The highest BCUT2D eigenvalue weighted by Crippen LogP contribution is 2.22. The van der Waals surface area contributed by atoms with Crippen LogP contribution in [0.2, 0.25) is 0 Å². The normalized spacial score (nSPS) is 14.1. The van der Waals surface area contributed by atoms with Crippen molar-refractivity contribution in [3.05, 3.63) is 36.4 Å². The van der Waals surface area contributed by atoms with Crippen LogP contribution in [0.25, 0.3) is 11.3 Å². The second-order valence-electron chi connectivity index (χ2n) is 5.15. The average Bonchev–Trinajstić information content (AvgIpc) is 2.85. The summed E-state index contributed by atoms with van der Waals surface area (Å²) in [4.78, 5) is 4.33. The van der Waals surface area contributed by atoms with Gasteiger partial charge in [0.25, 0.3) is 0 Å². The maximum atomic E-state index is 5.23. The van der Waals surface area contributed by atoms with Crippen LogP contribution in [-0.2, 0) is 0 Å². The summed E-state index contributed by atoms with van der Waals surface area (Å²) in [6, 6.07) is 8.81. The SMILES string of the molecule is CCC(C)C(C)Nc1ccc(-c2coc(C)n2)cc1. The number of rotatable bonds is 5. The Balaban J connectivity index is 2.06. The summed E-state index contributed by atoms with van der Waals surface area (Å²) < 4.78 is 5.23. The van der Waals surface area contributed by atoms with E-state index in [-0.39, 0.29) is 0 Å². The van der Waals surface area contributed by atoms with E-state index >= 15 is 0 Å². The van der Waals surface area contributed by atoms with Crippen molar-refractivity contribution in [3.63, 3.8) is 0 Å². The highest BCUT2D eigenvalue weighted by atomic mass is 16.3. The van der Waals surface area contributed by atoms with Crippen LogP contribution in [0.5, 0.6) is 0 Å². The zero-order valence-corrected chi connectivity index (χ0v) is 12.1. The van der Waals surface area contributed by atoms with Crippen LogP contribution in [0, 0.1) is 12.8 Å². The van der Waals surface area contributed by atoms with E-state index in [1.165, 1.54) is 6.42 Å². The molecule has 19 heavy (non-hydrogen) atoms. The first-order chi connectivity index (χ1) is 9.10. The topological polar surface area (TPSA) is 38.1 Å². The van der Waals surface area contributed by atoms with Crippen LogP contribution in [-0.4, -0.2) is 11.0 Å². The van der Waals surface area contributed by atoms with Gasteiger partial charge in [0, 0.05) is 24.2 Å². The third-order valence-electron chi connectivity index (χ3n) is 3.69. The largest absolute Gasteiger partial charge is 0.449 e. The summed E-state index contributed by atoms with van der Waals surface area (Å²) in [5.74, 6) is 1.36. The molecule has 0 aliphatic heterocycles. The third-order valence-corrected chi connectivity index (χ3v) is 3.69. The summed E-state index contributed by atoms with van der Waals surface area (Å²) >= 11 is 0. The van der Waals surface area contributed by atoms with Gasteiger partial charge in [0.15, 0.2) is 5.89 Å². The predicted molar refractivity (Wildman–Crippen MR) is 79.2 cm³/mol. The van der Waals surface area contributed by atoms with E-state index in [9.17, 15) is 0 Å². The second-order valence-corrected chi connectivity index (χ2v) is 5.15. The van der Waals surface area contributed by atoms with Gasteiger partial charge in [0.2, 0.25) is 0 Å². The molecule has 0 bridgehead atoms. The van der Waals surface area contributed by atoms with Gasteiger partial charge in [-0.3, -0.25) is 0 Å². The minimum absolute atomic E-state index is 0.477. The Bertz CT molecular complexity index is 516. The second kappa shape index (κ2) is 5.91. The van der Waals surface area contributed by atoms with Gasteiger partial charge in [-0.1, -0.05) is 32.4 Å². The van der Waals surface area contributed by atoms with Crippen molar-refractivity contribution in [2.75, 3.05) is 5.32 Å². The quantitative estimate of drug-likeness (QED) is 0.858. The first-order valence-corrected chi connectivity index (χ1v) is 6.89.